The van der Waals surface area contributed by atoms with E-state index in [-0.39, 0.29) is 5.56 Å². The van der Waals surface area contributed by atoms with Crippen molar-refractivity contribution in [2.75, 3.05) is 6.26 Å². The molecule has 0 atom stereocenters. The molecule has 0 amide bonds. The second-order valence-electron chi connectivity index (χ2n) is 3.59. The third-order valence-electron chi connectivity index (χ3n) is 2.61. The van der Waals surface area contributed by atoms with Crippen LogP contribution in [0.3, 0.4) is 0 Å². The summed E-state index contributed by atoms with van der Waals surface area (Å²) in [6, 6.07) is 9.42. The molecule has 88 valence electrons. The summed E-state index contributed by atoms with van der Waals surface area (Å²) in [6.07, 6.45) is 4.37. The predicted octanol–water partition coefficient (Wildman–Crippen LogP) is 2.52. The number of hydrogen-bond acceptors (Lipinski definition) is 3. The number of nitrogens with zero attached hydrogens (tertiary/aromatic N) is 2. The van der Waals surface area contributed by atoms with Gasteiger partial charge in [0.25, 0.3) is 5.56 Å². The fraction of sp³-hybridized carbons (Fsp3) is 0.231. The molecule has 0 aliphatic carbocycles. The second-order valence-corrected chi connectivity index (χ2v) is 4.36. The standard InChI is InChI=1S/C13H14N2OS/c1-3-10-6-4-5-7-11(10)15-12(16)8-9-14-13(15)17-2/h4-9H,3H2,1-2H3. The average Bonchev–Trinajstić information content (AvgIpc) is 2.38. The highest BCUT2D eigenvalue weighted by Crippen LogP contribution is 2.18. The minimum absolute atomic E-state index is 0.0368. The molecule has 1 aromatic carbocycles. The van der Waals surface area contributed by atoms with Gasteiger partial charge in [0.15, 0.2) is 5.16 Å². The van der Waals surface area contributed by atoms with Crippen molar-refractivity contribution >= 4 is 11.8 Å². The molecule has 0 N–H and O–H groups in total. The zero-order chi connectivity index (χ0) is 12.3. The van der Waals surface area contributed by atoms with Crippen molar-refractivity contribution in [3.8, 4) is 5.69 Å². The van der Waals surface area contributed by atoms with E-state index in [1.165, 1.54) is 17.8 Å². The van der Waals surface area contributed by atoms with Crippen LogP contribution in [0.4, 0.5) is 0 Å². The average molecular weight is 246 g/mol. The summed E-state index contributed by atoms with van der Waals surface area (Å²) in [6.45, 7) is 2.08. The van der Waals surface area contributed by atoms with Gasteiger partial charge in [-0.1, -0.05) is 36.9 Å². The molecule has 0 saturated heterocycles. The second kappa shape index (κ2) is 5.19. The van der Waals surface area contributed by atoms with E-state index in [9.17, 15) is 4.79 Å². The Morgan fingerprint density at radius 2 is 2.06 bits per heavy atom. The number of para-hydroxylation sites is 1. The Kier molecular flexibility index (Phi) is 3.64. The van der Waals surface area contributed by atoms with E-state index in [0.717, 1.165) is 22.8 Å². The Labute approximate surface area is 105 Å². The number of aromatic nitrogens is 2. The zero-order valence-electron chi connectivity index (χ0n) is 9.88. The van der Waals surface area contributed by atoms with Gasteiger partial charge in [-0.3, -0.25) is 9.36 Å². The van der Waals surface area contributed by atoms with Gasteiger partial charge in [-0.15, -0.1) is 0 Å². The Hall–Kier alpha value is -1.55. The molecule has 0 aliphatic rings. The highest BCUT2D eigenvalue weighted by molar-refractivity contribution is 7.98. The summed E-state index contributed by atoms with van der Waals surface area (Å²) in [7, 11) is 0. The smallest absolute Gasteiger partial charge is 0.258 e. The van der Waals surface area contributed by atoms with Crippen LogP contribution in [-0.2, 0) is 6.42 Å². The van der Waals surface area contributed by atoms with Gasteiger partial charge in [-0.05, 0) is 24.3 Å². The molecular formula is C13H14N2OS. The van der Waals surface area contributed by atoms with Gasteiger partial charge in [0.05, 0.1) is 5.69 Å². The van der Waals surface area contributed by atoms with Crippen LogP contribution in [0.15, 0.2) is 46.5 Å². The fourth-order valence-corrected chi connectivity index (χ4v) is 2.32. The maximum atomic E-state index is 12.0. The summed E-state index contributed by atoms with van der Waals surface area (Å²) < 4.78 is 1.67. The number of hydrogen-bond donors (Lipinski definition) is 0. The summed E-state index contributed by atoms with van der Waals surface area (Å²) in [5, 5.41) is 0.721. The monoisotopic (exact) mass is 246 g/mol. The van der Waals surface area contributed by atoms with Gasteiger partial charge >= 0.3 is 0 Å². The molecular weight excluding hydrogens is 232 g/mol. The van der Waals surface area contributed by atoms with Crippen molar-refractivity contribution in [1.29, 1.82) is 0 Å². The van der Waals surface area contributed by atoms with Gasteiger partial charge in [-0.2, -0.15) is 0 Å². The lowest BCUT2D eigenvalue weighted by Gasteiger charge is -2.12. The minimum atomic E-state index is -0.0368. The molecule has 0 unspecified atom stereocenters. The molecule has 3 nitrogen and oxygen atoms in total. The summed E-state index contributed by atoms with van der Waals surface area (Å²) in [5.74, 6) is 0. The number of benzene rings is 1. The molecule has 4 heteroatoms. The Morgan fingerprint density at radius 3 is 2.76 bits per heavy atom. The third kappa shape index (κ3) is 2.26. The topological polar surface area (TPSA) is 34.9 Å². The number of thioether (sulfide) groups is 1. The molecule has 1 heterocycles. The van der Waals surface area contributed by atoms with Crippen LogP contribution in [0.1, 0.15) is 12.5 Å². The molecule has 1 aromatic heterocycles. The molecule has 0 bridgehead atoms. The van der Waals surface area contributed by atoms with Gasteiger partial charge in [0.2, 0.25) is 0 Å². The van der Waals surface area contributed by atoms with Crippen LogP contribution in [0.25, 0.3) is 5.69 Å². The number of aryl methyl sites for hydroxylation is 1. The van der Waals surface area contributed by atoms with Crippen molar-refractivity contribution in [3.63, 3.8) is 0 Å². The first-order valence-electron chi connectivity index (χ1n) is 5.48. The molecule has 2 rings (SSSR count). The molecule has 17 heavy (non-hydrogen) atoms. The first kappa shape index (κ1) is 11.9. The Balaban J connectivity index is 2.72. The largest absolute Gasteiger partial charge is 0.269 e. The van der Waals surface area contributed by atoms with Gasteiger partial charge in [0, 0.05) is 12.3 Å². The Morgan fingerprint density at radius 1 is 1.29 bits per heavy atom. The van der Waals surface area contributed by atoms with E-state index in [0.29, 0.717) is 0 Å². The molecule has 2 aromatic rings. The normalized spacial score (nSPS) is 10.5. The minimum Gasteiger partial charge on any atom is -0.269 e. The first-order chi connectivity index (χ1) is 8.27. The molecule has 0 saturated carbocycles. The summed E-state index contributed by atoms with van der Waals surface area (Å²) >= 11 is 1.48. The molecule has 0 radical (unpaired) electrons. The maximum absolute atomic E-state index is 12.0. The fourth-order valence-electron chi connectivity index (χ4n) is 1.79. The van der Waals surface area contributed by atoms with Crippen molar-refractivity contribution in [1.82, 2.24) is 9.55 Å². The van der Waals surface area contributed by atoms with Crippen LogP contribution in [0.2, 0.25) is 0 Å². The SMILES string of the molecule is CCc1ccccc1-n1c(SC)nccc1=O. The molecule has 0 spiro atoms. The van der Waals surface area contributed by atoms with Crippen molar-refractivity contribution in [2.24, 2.45) is 0 Å². The van der Waals surface area contributed by atoms with Crippen molar-refractivity contribution in [2.45, 2.75) is 18.5 Å². The van der Waals surface area contributed by atoms with E-state index in [1.54, 1.807) is 10.8 Å². The Bertz CT molecular complexity index is 578. The van der Waals surface area contributed by atoms with E-state index in [2.05, 4.69) is 11.9 Å². The number of rotatable bonds is 3. The lowest BCUT2D eigenvalue weighted by atomic mass is 10.1. The van der Waals surface area contributed by atoms with Crippen molar-refractivity contribution < 1.29 is 0 Å². The predicted molar refractivity (Wildman–Crippen MR) is 71.0 cm³/mol. The highest BCUT2D eigenvalue weighted by atomic mass is 32.2. The highest BCUT2D eigenvalue weighted by Gasteiger charge is 2.09. The molecule has 0 fully saturated rings. The van der Waals surface area contributed by atoms with Crippen LogP contribution < -0.4 is 5.56 Å². The van der Waals surface area contributed by atoms with Gasteiger partial charge in [0.1, 0.15) is 0 Å². The summed E-state index contributed by atoms with van der Waals surface area (Å²) in [4.78, 5) is 16.2. The van der Waals surface area contributed by atoms with Gasteiger partial charge in [-0.25, -0.2) is 4.98 Å². The lowest BCUT2D eigenvalue weighted by molar-refractivity contribution is 0.788. The summed E-state index contributed by atoms with van der Waals surface area (Å²) in [5.41, 5.74) is 2.04. The van der Waals surface area contributed by atoms with Crippen LogP contribution in [0, 0.1) is 0 Å². The van der Waals surface area contributed by atoms with E-state index in [1.807, 2.05) is 30.5 Å². The van der Waals surface area contributed by atoms with Crippen molar-refractivity contribution in [3.05, 3.63) is 52.4 Å². The zero-order valence-corrected chi connectivity index (χ0v) is 10.7. The first-order valence-corrected chi connectivity index (χ1v) is 6.70. The quantitative estimate of drug-likeness (QED) is 0.616. The maximum Gasteiger partial charge on any atom is 0.258 e. The van der Waals surface area contributed by atoms with E-state index in [4.69, 9.17) is 0 Å². The van der Waals surface area contributed by atoms with Crippen LogP contribution >= 0.6 is 11.8 Å². The van der Waals surface area contributed by atoms with Crippen LogP contribution in [-0.4, -0.2) is 15.8 Å². The molecule has 0 aliphatic heterocycles. The third-order valence-corrected chi connectivity index (χ3v) is 3.26. The van der Waals surface area contributed by atoms with Crippen LogP contribution in [0.5, 0.6) is 0 Å². The van der Waals surface area contributed by atoms with E-state index < -0.39 is 0 Å². The van der Waals surface area contributed by atoms with E-state index >= 15 is 0 Å². The lowest BCUT2D eigenvalue weighted by Crippen LogP contribution is -2.20. The van der Waals surface area contributed by atoms with Gasteiger partial charge < -0.3 is 0 Å².